The number of anilines is 1. The summed E-state index contributed by atoms with van der Waals surface area (Å²) in [6, 6.07) is 15.2. The smallest absolute Gasteiger partial charge is 0.265 e. The molecule has 0 spiro atoms. The molecule has 0 aromatic heterocycles. The molecule has 0 fully saturated rings. The summed E-state index contributed by atoms with van der Waals surface area (Å²) in [6.07, 6.45) is 0.555. The van der Waals surface area contributed by atoms with Crippen LogP contribution in [0.25, 0.3) is 0 Å². The maximum atomic E-state index is 12.6. The lowest BCUT2D eigenvalue weighted by molar-refractivity contribution is -0.123. The predicted octanol–water partition coefficient (Wildman–Crippen LogP) is 3.85. The Kier molecular flexibility index (Phi) is 5.40. The molecule has 0 bridgehead atoms. The number of nitrogens with zero attached hydrogens (tertiary/aromatic N) is 1. The van der Waals surface area contributed by atoms with Gasteiger partial charge in [-0.2, -0.15) is 0 Å². The summed E-state index contributed by atoms with van der Waals surface area (Å²) in [5.74, 6) is -0.586. The number of aliphatic hydroxyl groups is 1. The molecule has 1 unspecified atom stereocenters. The van der Waals surface area contributed by atoms with Gasteiger partial charge in [-0.05, 0) is 29.2 Å². The number of Topliss-reactive ketones (excluding diaryl/α,β-unsaturated/α-hetero) is 2. The highest BCUT2D eigenvalue weighted by molar-refractivity contribution is 6.21. The second kappa shape index (κ2) is 8.14. The van der Waals surface area contributed by atoms with Crippen LogP contribution in [0.5, 0.6) is 5.75 Å². The lowest BCUT2D eigenvalue weighted by atomic mass is 9.81. The Morgan fingerprint density at radius 2 is 1.90 bits per heavy atom. The van der Waals surface area contributed by atoms with Crippen LogP contribution in [0.15, 0.2) is 59.9 Å². The molecular formula is C24H23NO5. The monoisotopic (exact) mass is 405 g/mol. The lowest BCUT2D eigenvalue weighted by Gasteiger charge is -2.31. The van der Waals surface area contributed by atoms with Crippen LogP contribution in [0.4, 0.5) is 5.69 Å². The summed E-state index contributed by atoms with van der Waals surface area (Å²) >= 11 is 0. The van der Waals surface area contributed by atoms with Crippen molar-refractivity contribution < 1.29 is 24.2 Å². The molecule has 0 saturated carbocycles. The van der Waals surface area contributed by atoms with Crippen LogP contribution in [-0.4, -0.2) is 29.2 Å². The van der Waals surface area contributed by atoms with Crippen molar-refractivity contribution in [1.82, 2.24) is 0 Å². The number of fused-ring (bicyclic) bond motifs is 1. The first-order chi connectivity index (χ1) is 14.5. The van der Waals surface area contributed by atoms with Gasteiger partial charge in [0.2, 0.25) is 0 Å². The minimum absolute atomic E-state index is 0.0207. The molecule has 0 radical (unpaired) electrons. The van der Waals surface area contributed by atoms with Gasteiger partial charge in [0.1, 0.15) is 11.5 Å². The third-order valence-corrected chi connectivity index (χ3v) is 5.62. The van der Waals surface area contributed by atoms with Crippen LogP contribution in [0.3, 0.4) is 0 Å². The van der Waals surface area contributed by atoms with Gasteiger partial charge >= 0.3 is 0 Å². The summed E-state index contributed by atoms with van der Waals surface area (Å²) in [7, 11) is 0. The molecule has 2 aliphatic rings. The standard InChI is InChI=1S/C24H23NO5/c1-2-19(26)24-20(27)11-17(12-21(24)28)16-8-9-22-18(10-16)25(23(29)14-30-22)13-15-6-4-3-5-7-15/h3-10,17,27H,2,11-14H2,1H3. The van der Waals surface area contributed by atoms with E-state index < -0.39 is 0 Å². The molecule has 1 aliphatic carbocycles. The van der Waals surface area contributed by atoms with Crippen molar-refractivity contribution in [2.45, 2.75) is 38.6 Å². The second-order valence-electron chi connectivity index (χ2n) is 7.61. The molecule has 4 rings (SSSR count). The minimum Gasteiger partial charge on any atom is -0.511 e. The number of aliphatic hydroxyl groups excluding tert-OH is 1. The van der Waals surface area contributed by atoms with E-state index in [1.54, 1.807) is 17.9 Å². The van der Waals surface area contributed by atoms with Crippen LogP contribution in [0, 0.1) is 0 Å². The molecule has 2 aromatic carbocycles. The van der Waals surface area contributed by atoms with E-state index in [1.165, 1.54) is 0 Å². The number of ether oxygens (including phenoxy) is 1. The van der Waals surface area contributed by atoms with Gasteiger partial charge in [0.25, 0.3) is 5.91 Å². The van der Waals surface area contributed by atoms with Crippen LogP contribution < -0.4 is 9.64 Å². The van der Waals surface area contributed by atoms with Crippen LogP contribution in [0.2, 0.25) is 0 Å². The summed E-state index contributed by atoms with van der Waals surface area (Å²) in [5.41, 5.74) is 2.42. The molecular weight excluding hydrogens is 382 g/mol. The fourth-order valence-electron chi connectivity index (χ4n) is 4.04. The Morgan fingerprint density at radius 3 is 2.60 bits per heavy atom. The largest absolute Gasteiger partial charge is 0.511 e. The quantitative estimate of drug-likeness (QED) is 0.764. The van der Waals surface area contributed by atoms with Gasteiger partial charge in [0, 0.05) is 19.3 Å². The third-order valence-electron chi connectivity index (χ3n) is 5.62. The SMILES string of the molecule is CCC(=O)C1=C(O)CC(c2ccc3c(c2)N(Cc2ccccc2)C(=O)CO3)CC1=O. The van der Waals surface area contributed by atoms with Crippen LogP contribution >= 0.6 is 0 Å². The van der Waals surface area contributed by atoms with E-state index >= 15 is 0 Å². The van der Waals surface area contributed by atoms with E-state index in [1.807, 2.05) is 42.5 Å². The maximum Gasteiger partial charge on any atom is 0.265 e. The molecule has 1 amide bonds. The highest BCUT2D eigenvalue weighted by Crippen LogP contribution is 2.40. The number of carbonyl (C=O) groups is 3. The number of hydrogen-bond acceptors (Lipinski definition) is 5. The van der Waals surface area contributed by atoms with Gasteiger partial charge in [-0.15, -0.1) is 0 Å². The molecule has 30 heavy (non-hydrogen) atoms. The summed E-state index contributed by atoms with van der Waals surface area (Å²) < 4.78 is 5.59. The van der Waals surface area contributed by atoms with Crippen molar-refractivity contribution in [2.75, 3.05) is 11.5 Å². The van der Waals surface area contributed by atoms with Crippen LogP contribution in [0.1, 0.15) is 43.2 Å². The topological polar surface area (TPSA) is 83.9 Å². The predicted molar refractivity (Wildman–Crippen MR) is 112 cm³/mol. The fourth-order valence-corrected chi connectivity index (χ4v) is 4.04. The van der Waals surface area contributed by atoms with E-state index in [2.05, 4.69) is 0 Å². The zero-order chi connectivity index (χ0) is 21.3. The normalized spacial score (nSPS) is 18.8. The number of rotatable bonds is 5. The zero-order valence-electron chi connectivity index (χ0n) is 16.8. The average molecular weight is 405 g/mol. The van der Waals surface area contributed by atoms with Gasteiger partial charge in [0.15, 0.2) is 18.2 Å². The fraction of sp³-hybridized carbons (Fsp3) is 0.292. The molecule has 1 N–H and O–H groups in total. The third kappa shape index (κ3) is 3.73. The number of carbonyl (C=O) groups excluding carboxylic acids is 3. The van der Waals surface area contributed by atoms with Crippen molar-refractivity contribution in [2.24, 2.45) is 0 Å². The minimum atomic E-state index is -0.332. The highest BCUT2D eigenvalue weighted by atomic mass is 16.5. The van der Waals surface area contributed by atoms with E-state index in [0.29, 0.717) is 18.0 Å². The Morgan fingerprint density at radius 1 is 1.13 bits per heavy atom. The second-order valence-corrected chi connectivity index (χ2v) is 7.61. The van der Waals surface area contributed by atoms with Crippen LogP contribution in [-0.2, 0) is 20.9 Å². The van der Waals surface area contributed by atoms with Gasteiger partial charge in [-0.1, -0.05) is 43.3 Å². The average Bonchev–Trinajstić information content (AvgIpc) is 2.75. The number of hydrogen-bond donors (Lipinski definition) is 1. The number of benzene rings is 2. The van der Waals surface area contributed by atoms with Gasteiger partial charge < -0.3 is 14.7 Å². The first-order valence-electron chi connectivity index (χ1n) is 10.1. The Hall–Kier alpha value is -3.41. The summed E-state index contributed by atoms with van der Waals surface area (Å²) in [4.78, 5) is 38.7. The van der Waals surface area contributed by atoms with Crippen molar-refractivity contribution in [3.63, 3.8) is 0 Å². The molecule has 6 heteroatoms. The molecule has 0 saturated heterocycles. The van der Waals surface area contributed by atoms with Crippen molar-refractivity contribution >= 4 is 23.2 Å². The van der Waals surface area contributed by atoms with E-state index in [0.717, 1.165) is 11.1 Å². The van der Waals surface area contributed by atoms with E-state index in [4.69, 9.17) is 4.74 Å². The molecule has 154 valence electrons. The van der Waals surface area contributed by atoms with Crippen molar-refractivity contribution in [1.29, 1.82) is 0 Å². The maximum absolute atomic E-state index is 12.6. The Labute approximate surface area is 174 Å². The van der Waals surface area contributed by atoms with E-state index in [-0.39, 0.29) is 60.6 Å². The van der Waals surface area contributed by atoms with Gasteiger partial charge in [-0.3, -0.25) is 14.4 Å². The molecule has 2 aromatic rings. The zero-order valence-corrected chi connectivity index (χ0v) is 16.8. The molecule has 1 heterocycles. The van der Waals surface area contributed by atoms with Gasteiger partial charge in [-0.25, -0.2) is 0 Å². The number of ketones is 2. The van der Waals surface area contributed by atoms with Crippen molar-refractivity contribution in [3.05, 3.63) is 71.0 Å². The number of allylic oxidation sites excluding steroid dienone is 2. The molecule has 6 nitrogen and oxygen atoms in total. The van der Waals surface area contributed by atoms with Crippen molar-refractivity contribution in [3.8, 4) is 5.75 Å². The van der Waals surface area contributed by atoms with Gasteiger partial charge in [0.05, 0.1) is 17.8 Å². The first kappa shape index (κ1) is 19.9. The molecule has 1 aliphatic heterocycles. The van der Waals surface area contributed by atoms with E-state index in [9.17, 15) is 19.5 Å². The Balaban J connectivity index is 1.65. The number of amides is 1. The highest BCUT2D eigenvalue weighted by Gasteiger charge is 2.33. The summed E-state index contributed by atoms with van der Waals surface area (Å²) in [6.45, 7) is 2.07. The summed E-state index contributed by atoms with van der Waals surface area (Å²) in [5, 5.41) is 10.3. The first-order valence-corrected chi connectivity index (χ1v) is 10.1. The Bertz CT molecular complexity index is 1040. The lowest BCUT2D eigenvalue weighted by Crippen LogP contribution is -2.38. The molecule has 1 atom stereocenters.